The minimum absolute atomic E-state index is 0.0212. The van der Waals surface area contributed by atoms with E-state index in [0.717, 1.165) is 0 Å². The van der Waals surface area contributed by atoms with Crippen molar-refractivity contribution in [1.82, 2.24) is 9.88 Å². The molecule has 0 N–H and O–H groups in total. The van der Waals surface area contributed by atoms with Gasteiger partial charge in [-0.2, -0.15) is 0 Å². The van der Waals surface area contributed by atoms with E-state index in [1.54, 1.807) is 17.0 Å². The molecule has 0 aromatic carbocycles. The molecular weight excluding hydrogens is 278 g/mol. The van der Waals surface area contributed by atoms with Crippen LogP contribution in [0.3, 0.4) is 0 Å². The summed E-state index contributed by atoms with van der Waals surface area (Å²) in [7, 11) is 0. The summed E-state index contributed by atoms with van der Waals surface area (Å²) in [5.41, 5.74) is -0.363. The van der Waals surface area contributed by atoms with Crippen molar-refractivity contribution in [2.45, 2.75) is 32.1 Å². The maximum Gasteiger partial charge on any atom is 0.255 e. The Balaban J connectivity index is 1.61. The lowest BCUT2D eigenvalue weighted by Crippen LogP contribution is -2.40. The lowest BCUT2D eigenvalue weighted by molar-refractivity contribution is 0.0284. The molecule has 4 nitrogen and oxygen atoms in total. The van der Waals surface area contributed by atoms with Crippen LogP contribution in [-0.4, -0.2) is 41.4 Å². The molecule has 1 aliphatic carbocycles. The van der Waals surface area contributed by atoms with Crippen molar-refractivity contribution in [3.63, 3.8) is 0 Å². The quantitative estimate of drug-likeness (QED) is 0.861. The molecule has 0 radical (unpaired) electrons. The van der Waals surface area contributed by atoms with Crippen molar-refractivity contribution in [2.24, 2.45) is 5.41 Å². The number of likely N-dealkylation sites (tertiary alicyclic amines) is 1. The third-order valence-corrected chi connectivity index (χ3v) is 4.49. The first-order chi connectivity index (χ1) is 9.97. The Kier molecular flexibility index (Phi) is 3.34. The summed E-state index contributed by atoms with van der Waals surface area (Å²) in [6, 6.07) is 3.31. The largest absolute Gasteiger partial charge is 0.478 e. The molecule has 0 bridgehead atoms. The first-order valence-electron chi connectivity index (χ1n) is 7.23. The molecule has 6 heteroatoms. The van der Waals surface area contributed by atoms with Crippen molar-refractivity contribution < 1.29 is 18.3 Å². The summed E-state index contributed by atoms with van der Waals surface area (Å²) >= 11 is 0. The highest BCUT2D eigenvalue weighted by molar-refractivity contribution is 5.94. The fourth-order valence-electron chi connectivity index (χ4n) is 2.98. The van der Waals surface area contributed by atoms with Crippen LogP contribution >= 0.6 is 0 Å². The van der Waals surface area contributed by atoms with Crippen LogP contribution in [0.15, 0.2) is 18.3 Å². The number of halogens is 2. The van der Waals surface area contributed by atoms with Gasteiger partial charge in [-0.05, 0) is 25.8 Å². The monoisotopic (exact) mass is 296 g/mol. The number of nitrogens with zero attached hydrogens (tertiary/aromatic N) is 2. The molecule has 1 spiro atoms. The molecule has 1 saturated heterocycles. The highest BCUT2D eigenvalue weighted by atomic mass is 19.3. The van der Waals surface area contributed by atoms with Crippen LogP contribution in [0.5, 0.6) is 5.88 Å². The Morgan fingerprint density at radius 2 is 2.05 bits per heavy atom. The molecule has 114 valence electrons. The summed E-state index contributed by atoms with van der Waals surface area (Å²) in [5, 5.41) is 0. The number of amides is 1. The summed E-state index contributed by atoms with van der Waals surface area (Å²) in [4.78, 5) is 18.0. The summed E-state index contributed by atoms with van der Waals surface area (Å²) in [6.07, 6.45) is 2.22. The van der Waals surface area contributed by atoms with Gasteiger partial charge < -0.3 is 9.64 Å². The molecule has 1 amide bonds. The first kappa shape index (κ1) is 14.2. The molecule has 2 heterocycles. The Morgan fingerprint density at radius 3 is 2.52 bits per heavy atom. The summed E-state index contributed by atoms with van der Waals surface area (Å²) in [6.45, 7) is 3.16. The molecule has 2 fully saturated rings. The minimum Gasteiger partial charge on any atom is -0.478 e. The second-order valence-electron chi connectivity index (χ2n) is 5.77. The fourth-order valence-corrected chi connectivity index (χ4v) is 2.98. The van der Waals surface area contributed by atoms with Gasteiger partial charge in [0, 0.05) is 37.2 Å². The van der Waals surface area contributed by atoms with Gasteiger partial charge in [-0.25, -0.2) is 13.8 Å². The molecule has 1 aromatic heterocycles. The van der Waals surface area contributed by atoms with Gasteiger partial charge in [0.05, 0.1) is 12.2 Å². The number of ether oxygens (including phenoxy) is 1. The van der Waals surface area contributed by atoms with Crippen LogP contribution in [0.1, 0.15) is 36.5 Å². The van der Waals surface area contributed by atoms with Gasteiger partial charge in [-0.3, -0.25) is 4.79 Å². The number of aromatic nitrogens is 1. The van der Waals surface area contributed by atoms with Crippen molar-refractivity contribution in [3.05, 3.63) is 23.9 Å². The van der Waals surface area contributed by atoms with E-state index in [1.807, 2.05) is 6.92 Å². The third-order valence-electron chi connectivity index (χ3n) is 4.49. The Labute approximate surface area is 122 Å². The number of hydrogen-bond donors (Lipinski definition) is 0. The van der Waals surface area contributed by atoms with E-state index >= 15 is 0 Å². The normalized spacial score (nSPS) is 22.1. The van der Waals surface area contributed by atoms with E-state index in [-0.39, 0.29) is 12.3 Å². The number of rotatable bonds is 3. The predicted octanol–water partition coefficient (Wildman–Crippen LogP) is 2.74. The maximum absolute atomic E-state index is 13.3. The van der Waals surface area contributed by atoms with Crippen LogP contribution in [-0.2, 0) is 0 Å². The van der Waals surface area contributed by atoms with E-state index in [0.29, 0.717) is 44.0 Å². The van der Waals surface area contributed by atoms with Gasteiger partial charge in [0.2, 0.25) is 5.88 Å². The second kappa shape index (κ2) is 4.93. The summed E-state index contributed by atoms with van der Waals surface area (Å²) < 4.78 is 31.9. The number of alkyl halides is 2. The molecule has 1 aromatic rings. The van der Waals surface area contributed by atoms with E-state index in [2.05, 4.69) is 4.98 Å². The topological polar surface area (TPSA) is 42.4 Å². The smallest absolute Gasteiger partial charge is 0.255 e. The van der Waals surface area contributed by atoms with Crippen molar-refractivity contribution >= 4 is 5.91 Å². The number of pyridine rings is 1. The van der Waals surface area contributed by atoms with Gasteiger partial charge in [-0.15, -0.1) is 0 Å². The van der Waals surface area contributed by atoms with Crippen molar-refractivity contribution in [3.8, 4) is 5.88 Å². The standard InChI is InChI=1S/C15H18F2N2O2/c1-2-21-12-4-3-11(9-18-12)13(20)19-7-5-14(6-8-19)10-15(14,16)17/h3-4,9H,2,5-8,10H2,1H3. The Bertz CT molecular complexity index is 537. The predicted molar refractivity (Wildman–Crippen MR) is 72.5 cm³/mol. The molecular formula is C15H18F2N2O2. The van der Waals surface area contributed by atoms with Gasteiger partial charge in [0.25, 0.3) is 11.8 Å². The molecule has 21 heavy (non-hydrogen) atoms. The molecule has 1 aliphatic heterocycles. The van der Waals surface area contributed by atoms with Crippen LogP contribution < -0.4 is 4.74 Å². The highest BCUT2D eigenvalue weighted by Crippen LogP contribution is 2.65. The maximum atomic E-state index is 13.3. The lowest BCUT2D eigenvalue weighted by Gasteiger charge is -2.32. The average Bonchev–Trinajstić information content (AvgIpc) is 3.00. The average molecular weight is 296 g/mol. The van der Waals surface area contributed by atoms with Crippen molar-refractivity contribution in [2.75, 3.05) is 19.7 Å². The third kappa shape index (κ3) is 2.47. The van der Waals surface area contributed by atoms with Crippen LogP contribution in [0.2, 0.25) is 0 Å². The highest BCUT2D eigenvalue weighted by Gasteiger charge is 2.70. The van der Waals surface area contributed by atoms with Gasteiger partial charge in [0.15, 0.2) is 0 Å². The zero-order valence-electron chi connectivity index (χ0n) is 11.9. The van der Waals surface area contributed by atoms with E-state index in [1.165, 1.54) is 6.20 Å². The molecule has 3 rings (SSSR count). The van der Waals surface area contributed by atoms with E-state index < -0.39 is 11.3 Å². The Hall–Kier alpha value is -1.72. The van der Waals surface area contributed by atoms with Crippen LogP contribution in [0.25, 0.3) is 0 Å². The number of carbonyl (C=O) groups excluding carboxylic acids is 1. The number of piperidine rings is 1. The van der Waals surface area contributed by atoms with Crippen LogP contribution in [0, 0.1) is 5.41 Å². The zero-order chi connectivity index (χ0) is 15.1. The second-order valence-corrected chi connectivity index (χ2v) is 5.77. The summed E-state index contributed by atoms with van der Waals surface area (Å²) in [5.74, 6) is -2.20. The van der Waals surface area contributed by atoms with Crippen LogP contribution in [0.4, 0.5) is 8.78 Å². The zero-order valence-corrected chi connectivity index (χ0v) is 11.9. The molecule has 0 unspecified atom stereocenters. The number of hydrogen-bond acceptors (Lipinski definition) is 3. The van der Waals surface area contributed by atoms with Crippen molar-refractivity contribution in [1.29, 1.82) is 0 Å². The van der Waals surface area contributed by atoms with Gasteiger partial charge >= 0.3 is 0 Å². The first-order valence-corrected chi connectivity index (χ1v) is 7.23. The number of carbonyl (C=O) groups is 1. The Morgan fingerprint density at radius 1 is 1.38 bits per heavy atom. The van der Waals surface area contributed by atoms with Gasteiger partial charge in [0.1, 0.15) is 0 Å². The molecule has 0 atom stereocenters. The van der Waals surface area contributed by atoms with E-state index in [9.17, 15) is 13.6 Å². The molecule has 2 aliphatic rings. The van der Waals surface area contributed by atoms with Gasteiger partial charge in [-0.1, -0.05) is 0 Å². The molecule has 1 saturated carbocycles. The minimum atomic E-state index is -2.52. The fraction of sp³-hybridized carbons (Fsp3) is 0.600. The SMILES string of the molecule is CCOc1ccc(C(=O)N2CCC3(CC2)CC3(F)F)cn1. The van der Waals surface area contributed by atoms with E-state index in [4.69, 9.17) is 4.74 Å². The lowest BCUT2D eigenvalue weighted by atomic mass is 9.92.